The summed E-state index contributed by atoms with van der Waals surface area (Å²) in [6.45, 7) is 1.73. The first-order chi connectivity index (χ1) is 10.8. The van der Waals surface area contributed by atoms with Gasteiger partial charge in [-0.15, -0.1) is 0 Å². The van der Waals surface area contributed by atoms with Crippen molar-refractivity contribution in [3.8, 4) is 6.07 Å². The lowest BCUT2D eigenvalue weighted by Gasteiger charge is -2.35. The summed E-state index contributed by atoms with van der Waals surface area (Å²) >= 11 is 0. The van der Waals surface area contributed by atoms with Crippen LogP contribution in [-0.4, -0.2) is 21.4 Å². The van der Waals surface area contributed by atoms with Crippen LogP contribution in [0.15, 0.2) is 36.5 Å². The Morgan fingerprint density at radius 2 is 2.09 bits per heavy atom. The molecule has 1 saturated heterocycles. The first-order valence-corrected chi connectivity index (χ1v) is 7.58. The molecule has 0 amide bonds. The van der Waals surface area contributed by atoms with Gasteiger partial charge in [0.05, 0.1) is 11.9 Å². The largest absolute Gasteiger partial charge is 0.381 e. The minimum Gasteiger partial charge on any atom is -0.381 e. The van der Waals surface area contributed by atoms with E-state index in [1.165, 1.54) is 18.4 Å². The van der Waals surface area contributed by atoms with E-state index in [-0.39, 0.29) is 11.5 Å². The number of anilines is 1. The minimum absolute atomic E-state index is 0.199. The van der Waals surface area contributed by atoms with Crippen LogP contribution in [0.3, 0.4) is 0 Å². The molecular weight excluding hydrogens is 274 g/mol. The number of nitrogens with zero attached hydrogens (tertiary/aromatic N) is 4. The number of nitriles is 1. The maximum absolute atomic E-state index is 9.03. The number of hydrogen-bond acceptors (Lipinski definition) is 5. The number of aromatic nitrogens is 2. The van der Waals surface area contributed by atoms with E-state index >= 15 is 0 Å². The molecule has 1 unspecified atom stereocenters. The predicted octanol–water partition coefficient (Wildman–Crippen LogP) is 2.66. The van der Waals surface area contributed by atoms with Gasteiger partial charge < -0.3 is 5.73 Å². The van der Waals surface area contributed by atoms with Crippen LogP contribution in [0.4, 0.5) is 5.82 Å². The molecule has 5 nitrogen and oxygen atoms in total. The van der Waals surface area contributed by atoms with Crippen LogP contribution >= 0.6 is 0 Å². The fourth-order valence-electron chi connectivity index (χ4n) is 3.03. The van der Waals surface area contributed by atoms with Gasteiger partial charge in [-0.1, -0.05) is 36.8 Å². The van der Waals surface area contributed by atoms with Crippen LogP contribution < -0.4 is 5.73 Å². The summed E-state index contributed by atoms with van der Waals surface area (Å²) in [6.07, 6.45) is 5.26. The van der Waals surface area contributed by atoms with E-state index < -0.39 is 0 Å². The molecule has 0 saturated carbocycles. The molecule has 2 N–H and O–H groups in total. The molecular formula is C17H19N5. The van der Waals surface area contributed by atoms with E-state index in [4.69, 9.17) is 11.0 Å². The molecule has 0 aliphatic carbocycles. The Morgan fingerprint density at radius 3 is 2.86 bits per heavy atom. The third-order valence-corrected chi connectivity index (χ3v) is 4.12. The van der Waals surface area contributed by atoms with Crippen molar-refractivity contribution in [2.24, 2.45) is 0 Å². The highest BCUT2D eigenvalue weighted by Gasteiger charge is 2.24. The minimum atomic E-state index is 0.199. The highest BCUT2D eigenvalue weighted by atomic mass is 15.2. The zero-order valence-electron chi connectivity index (χ0n) is 12.4. The zero-order valence-corrected chi connectivity index (χ0v) is 12.4. The van der Waals surface area contributed by atoms with Crippen LogP contribution in [0.5, 0.6) is 0 Å². The smallest absolute Gasteiger partial charge is 0.183 e. The van der Waals surface area contributed by atoms with Crippen molar-refractivity contribution in [1.82, 2.24) is 14.9 Å². The quantitative estimate of drug-likeness (QED) is 0.941. The van der Waals surface area contributed by atoms with Crippen molar-refractivity contribution in [2.75, 3.05) is 12.3 Å². The Balaban J connectivity index is 1.82. The number of nitrogen functional groups attached to an aromatic ring is 1. The molecule has 0 radical (unpaired) electrons. The summed E-state index contributed by atoms with van der Waals surface area (Å²) in [7, 11) is 0. The van der Waals surface area contributed by atoms with Gasteiger partial charge in [-0.05, 0) is 24.9 Å². The maximum atomic E-state index is 9.03. The Kier molecular flexibility index (Phi) is 4.31. The monoisotopic (exact) mass is 293 g/mol. The van der Waals surface area contributed by atoms with Gasteiger partial charge in [0.1, 0.15) is 6.07 Å². The summed E-state index contributed by atoms with van der Waals surface area (Å²) in [5.74, 6) is 0.199. The molecule has 1 atom stereocenters. The van der Waals surface area contributed by atoms with Gasteiger partial charge in [0.15, 0.2) is 11.5 Å². The number of rotatable bonds is 3. The van der Waals surface area contributed by atoms with Crippen LogP contribution in [-0.2, 0) is 6.54 Å². The fourth-order valence-corrected chi connectivity index (χ4v) is 3.03. The third-order valence-electron chi connectivity index (χ3n) is 4.12. The summed E-state index contributed by atoms with van der Waals surface area (Å²) in [6, 6.07) is 13.0. The van der Waals surface area contributed by atoms with Gasteiger partial charge >= 0.3 is 0 Å². The zero-order chi connectivity index (χ0) is 15.4. The van der Waals surface area contributed by atoms with Gasteiger partial charge in [-0.25, -0.2) is 9.97 Å². The van der Waals surface area contributed by atoms with Crippen LogP contribution in [0, 0.1) is 11.3 Å². The third kappa shape index (κ3) is 3.07. The summed E-state index contributed by atoms with van der Waals surface area (Å²) in [5.41, 5.74) is 7.99. The van der Waals surface area contributed by atoms with Gasteiger partial charge in [0.25, 0.3) is 0 Å². The normalized spacial score (nSPS) is 18.8. The molecule has 1 aliphatic heterocycles. The molecule has 1 fully saturated rings. The summed E-state index contributed by atoms with van der Waals surface area (Å²) in [4.78, 5) is 10.8. The molecule has 112 valence electrons. The molecule has 2 aromatic rings. The highest BCUT2D eigenvalue weighted by molar-refractivity contribution is 5.42. The van der Waals surface area contributed by atoms with E-state index in [0.717, 1.165) is 18.7 Å². The SMILES string of the molecule is N#Cc1nc(CN2CCCCC2c2ccccc2)cnc1N. The molecule has 0 bridgehead atoms. The highest BCUT2D eigenvalue weighted by Crippen LogP contribution is 2.31. The van der Waals surface area contributed by atoms with Crippen LogP contribution in [0.2, 0.25) is 0 Å². The second kappa shape index (κ2) is 6.54. The standard InChI is InChI=1S/C17H19N5/c18-10-15-17(19)20-11-14(21-15)12-22-9-5-4-8-16(22)13-6-2-1-3-7-13/h1-3,6-7,11,16H,4-5,8-9,12H2,(H2,19,20). The van der Waals surface area contributed by atoms with Gasteiger partial charge in [0, 0.05) is 12.6 Å². The number of nitrogens with two attached hydrogens (primary N) is 1. The Morgan fingerprint density at radius 1 is 1.27 bits per heavy atom. The first kappa shape index (κ1) is 14.5. The Labute approximate surface area is 130 Å². The molecule has 0 spiro atoms. The van der Waals surface area contributed by atoms with E-state index in [0.29, 0.717) is 12.6 Å². The van der Waals surface area contributed by atoms with Crippen molar-refractivity contribution >= 4 is 5.82 Å². The Hall–Kier alpha value is -2.45. The molecule has 1 aliphatic rings. The fraction of sp³-hybridized carbons (Fsp3) is 0.353. The van der Waals surface area contributed by atoms with Crippen LogP contribution in [0.25, 0.3) is 0 Å². The van der Waals surface area contributed by atoms with Gasteiger partial charge in [-0.2, -0.15) is 5.26 Å². The van der Waals surface area contributed by atoms with Crippen molar-refractivity contribution in [2.45, 2.75) is 31.8 Å². The van der Waals surface area contributed by atoms with Crippen molar-refractivity contribution in [3.63, 3.8) is 0 Å². The number of piperidine rings is 1. The summed E-state index contributed by atoms with van der Waals surface area (Å²) < 4.78 is 0. The first-order valence-electron chi connectivity index (χ1n) is 7.58. The molecule has 22 heavy (non-hydrogen) atoms. The molecule has 1 aromatic heterocycles. The van der Waals surface area contributed by atoms with Crippen molar-refractivity contribution in [1.29, 1.82) is 5.26 Å². The lowest BCUT2D eigenvalue weighted by Crippen LogP contribution is -2.33. The van der Waals surface area contributed by atoms with Crippen molar-refractivity contribution in [3.05, 3.63) is 53.5 Å². The van der Waals surface area contributed by atoms with Crippen molar-refractivity contribution < 1.29 is 0 Å². The lowest BCUT2D eigenvalue weighted by molar-refractivity contribution is 0.138. The van der Waals surface area contributed by atoms with Gasteiger partial charge in [0.2, 0.25) is 0 Å². The maximum Gasteiger partial charge on any atom is 0.183 e. The topological polar surface area (TPSA) is 78.8 Å². The molecule has 3 rings (SSSR count). The number of hydrogen-bond donors (Lipinski definition) is 1. The lowest BCUT2D eigenvalue weighted by atomic mass is 9.95. The summed E-state index contributed by atoms with van der Waals surface area (Å²) in [5, 5.41) is 9.03. The second-order valence-electron chi connectivity index (χ2n) is 5.60. The van der Waals surface area contributed by atoms with E-state index in [1.807, 2.05) is 12.1 Å². The number of likely N-dealkylation sites (tertiary alicyclic amines) is 1. The average molecular weight is 293 g/mol. The average Bonchev–Trinajstić information content (AvgIpc) is 2.58. The van der Waals surface area contributed by atoms with E-state index in [1.54, 1.807) is 6.20 Å². The second-order valence-corrected chi connectivity index (χ2v) is 5.60. The van der Waals surface area contributed by atoms with Crippen LogP contribution in [0.1, 0.15) is 42.3 Å². The van der Waals surface area contributed by atoms with Gasteiger partial charge in [-0.3, -0.25) is 4.90 Å². The molecule has 2 heterocycles. The predicted molar refractivity (Wildman–Crippen MR) is 84.6 cm³/mol. The Bertz CT molecular complexity index is 677. The van der Waals surface area contributed by atoms with E-state index in [9.17, 15) is 0 Å². The van der Waals surface area contributed by atoms with E-state index in [2.05, 4.69) is 39.1 Å². The number of benzene rings is 1. The molecule has 5 heteroatoms. The molecule has 1 aromatic carbocycles.